The minimum absolute atomic E-state index is 0.606. The second-order valence-electron chi connectivity index (χ2n) is 4.43. The number of anilines is 1. The summed E-state index contributed by atoms with van der Waals surface area (Å²) < 4.78 is 6.89. The number of hydrogen-bond donors (Lipinski definition) is 0. The van der Waals surface area contributed by atoms with Crippen LogP contribution in [0.2, 0.25) is 0 Å². The molecule has 0 aliphatic heterocycles. The molecule has 5 heteroatoms. The molecule has 1 aromatic carbocycles. The zero-order valence-corrected chi connectivity index (χ0v) is 12.7. The zero-order valence-electron chi connectivity index (χ0n) is 10.6. The van der Waals surface area contributed by atoms with Crippen molar-refractivity contribution < 1.29 is 4.42 Å². The molecule has 0 unspecified atom stereocenters. The lowest BCUT2D eigenvalue weighted by atomic mass is 10.3. The van der Waals surface area contributed by atoms with E-state index in [2.05, 4.69) is 32.6 Å². The molecule has 3 rings (SSSR count). The first-order chi connectivity index (χ1) is 9.13. The van der Waals surface area contributed by atoms with Crippen LogP contribution in [-0.2, 0) is 0 Å². The van der Waals surface area contributed by atoms with Gasteiger partial charge >= 0.3 is 0 Å². The molecule has 0 N–H and O–H groups in total. The molecular formula is C14H12IN3O. The first-order valence-electron chi connectivity index (χ1n) is 5.83. The average Bonchev–Trinajstić information content (AvgIpc) is 2.81. The van der Waals surface area contributed by atoms with Crippen molar-refractivity contribution in [1.29, 1.82) is 0 Å². The van der Waals surface area contributed by atoms with Gasteiger partial charge in [-0.3, -0.25) is 0 Å². The summed E-state index contributed by atoms with van der Waals surface area (Å²) in [4.78, 5) is 10.8. The number of hydrogen-bond acceptors (Lipinski definition) is 4. The zero-order chi connectivity index (χ0) is 13.4. The lowest BCUT2D eigenvalue weighted by molar-refractivity contribution is 0.619. The average molecular weight is 363 g/mol. The van der Waals surface area contributed by atoms with Crippen molar-refractivity contribution in [3.05, 3.63) is 40.1 Å². The Kier molecular flexibility index (Phi) is 3.14. The van der Waals surface area contributed by atoms with E-state index in [4.69, 9.17) is 4.42 Å². The molecule has 0 saturated heterocycles. The number of benzene rings is 1. The van der Waals surface area contributed by atoms with E-state index in [1.54, 1.807) is 6.20 Å². The first kappa shape index (κ1) is 12.4. The molecular weight excluding hydrogens is 351 g/mol. The minimum Gasteiger partial charge on any atom is -0.436 e. The Morgan fingerprint density at radius 3 is 2.68 bits per heavy atom. The molecule has 0 amide bonds. The third-order valence-corrected chi connectivity index (χ3v) is 3.47. The standard InChI is InChI=1S/C14H12IN3O/c1-18(2)13-6-3-9(8-16-13)14-17-11-7-10(15)4-5-12(11)19-14/h3-8H,1-2H3/i15-2. The summed E-state index contributed by atoms with van der Waals surface area (Å²) >= 11 is 2.26. The van der Waals surface area contributed by atoms with Crippen molar-refractivity contribution in [3.63, 3.8) is 0 Å². The molecule has 0 bridgehead atoms. The minimum atomic E-state index is 0.606. The molecule has 3 aromatic rings. The quantitative estimate of drug-likeness (QED) is 0.653. The lowest BCUT2D eigenvalue weighted by Crippen LogP contribution is -2.09. The van der Waals surface area contributed by atoms with Gasteiger partial charge in [0.05, 0.1) is 5.56 Å². The van der Waals surface area contributed by atoms with Crippen LogP contribution >= 0.6 is 22.6 Å². The summed E-state index contributed by atoms with van der Waals surface area (Å²) in [5.41, 5.74) is 2.56. The van der Waals surface area contributed by atoms with Crippen LogP contribution in [0.4, 0.5) is 5.82 Å². The number of nitrogens with zero attached hydrogens (tertiary/aromatic N) is 3. The summed E-state index contributed by atoms with van der Waals surface area (Å²) in [6, 6.07) is 9.87. The monoisotopic (exact) mass is 363 g/mol. The number of halogens is 1. The second kappa shape index (κ2) is 4.80. The number of fused-ring (bicyclic) bond motifs is 1. The fourth-order valence-electron chi connectivity index (χ4n) is 1.80. The van der Waals surface area contributed by atoms with Crippen molar-refractivity contribution in [2.75, 3.05) is 19.0 Å². The Morgan fingerprint density at radius 1 is 1.16 bits per heavy atom. The summed E-state index contributed by atoms with van der Waals surface area (Å²) in [6.07, 6.45) is 1.78. The van der Waals surface area contributed by atoms with Crippen molar-refractivity contribution >= 4 is 39.5 Å². The fourth-order valence-corrected chi connectivity index (χ4v) is 2.28. The number of aromatic nitrogens is 2. The van der Waals surface area contributed by atoms with Gasteiger partial charge in [0, 0.05) is 23.9 Å². The van der Waals surface area contributed by atoms with E-state index < -0.39 is 0 Å². The molecule has 0 saturated carbocycles. The van der Waals surface area contributed by atoms with E-state index in [9.17, 15) is 0 Å². The highest BCUT2D eigenvalue weighted by Gasteiger charge is 2.09. The summed E-state index contributed by atoms with van der Waals surface area (Å²) in [7, 11) is 3.92. The molecule has 4 nitrogen and oxygen atoms in total. The highest BCUT2D eigenvalue weighted by Crippen LogP contribution is 2.25. The van der Waals surface area contributed by atoms with Crippen LogP contribution in [0.15, 0.2) is 40.9 Å². The Bertz CT molecular complexity index is 719. The maximum absolute atomic E-state index is 5.74. The van der Waals surface area contributed by atoms with Crippen LogP contribution in [0, 0.1) is 3.57 Å². The van der Waals surface area contributed by atoms with Gasteiger partial charge in [0.1, 0.15) is 11.3 Å². The van der Waals surface area contributed by atoms with Crippen LogP contribution in [0.5, 0.6) is 0 Å². The molecule has 96 valence electrons. The van der Waals surface area contributed by atoms with Gasteiger partial charge in [-0.15, -0.1) is 0 Å². The maximum atomic E-state index is 5.74. The smallest absolute Gasteiger partial charge is 0.228 e. The molecule has 0 radical (unpaired) electrons. The summed E-state index contributed by atoms with van der Waals surface area (Å²) in [5, 5.41) is 0. The Hall–Kier alpha value is -1.63. The summed E-state index contributed by atoms with van der Waals surface area (Å²) in [5.74, 6) is 1.52. The van der Waals surface area contributed by atoms with Gasteiger partial charge in [-0.05, 0) is 52.9 Å². The molecule has 0 fully saturated rings. The number of pyridine rings is 1. The molecule has 0 aliphatic rings. The van der Waals surface area contributed by atoms with E-state index in [0.717, 1.165) is 26.1 Å². The third kappa shape index (κ3) is 2.42. The first-order valence-corrected chi connectivity index (χ1v) is 6.91. The van der Waals surface area contributed by atoms with Gasteiger partial charge in [0.25, 0.3) is 0 Å². The van der Waals surface area contributed by atoms with E-state index in [1.165, 1.54) is 0 Å². The molecule has 19 heavy (non-hydrogen) atoms. The van der Waals surface area contributed by atoms with Crippen LogP contribution in [0.25, 0.3) is 22.6 Å². The Labute approximate surface area is 124 Å². The second-order valence-corrected chi connectivity index (χ2v) is 5.68. The largest absolute Gasteiger partial charge is 0.436 e. The molecule has 2 aromatic heterocycles. The van der Waals surface area contributed by atoms with E-state index in [-0.39, 0.29) is 0 Å². The van der Waals surface area contributed by atoms with Gasteiger partial charge in [-0.25, -0.2) is 9.97 Å². The Balaban J connectivity index is 2.03. The van der Waals surface area contributed by atoms with Gasteiger partial charge in [0.15, 0.2) is 5.58 Å². The van der Waals surface area contributed by atoms with Gasteiger partial charge < -0.3 is 9.32 Å². The highest BCUT2D eigenvalue weighted by atomic mass is 125. The van der Waals surface area contributed by atoms with Gasteiger partial charge in [-0.1, -0.05) is 0 Å². The van der Waals surface area contributed by atoms with Crippen LogP contribution < -0.4 is 4.90 Å². The van der Waals surface area contributed by atoms with Crippen molar-refractivity contribution in [2.45, 2.75) is 0 Å². The fraction of sp³-hybridized carbons (Fsp3) is 0.143. The number of rotatable bonds is 2. The number of oxazole rings is 1. The van der Waals surface area contributed by atoms with E-state index in [1.807, 2.05) is 49.3 Å². The van der Waals surface area contributed by atoms with E-state index >= 15 is 0 Å². The van der Waals surface area contributed by atoms with Gasteiger partial charge in [-0.2, -0.15) is 0 Å². The third-order valence-electron chi connectivity index (χ3n) is 2.80. The Morgan fingerprint density at radius 2 is 2.00 bits per heavy atom. The topological polar surface area (TPSA) is 42.2 Å². The van der Waals surface area contributed by atoms with Crippen LogP contribution in [0.1, 0.15) is 0 Å². The normalized spacial score (nSPS) is 10.9. The summed E-state index contributed by atoms with van der Waals surface area (Å²) in [6.45, 7) is 0. The predicted molar refractivity (Wildman–Crippen MR) is 84.3 cm³/mol. The molecule has 0 aliphatic carbocycles. The molecule has 2 heterocycles. The van der Waals surface area contributed by atoms with Crippen molar-refractivity contribution in [1.82, 2.24) is 9.97 Å². The van der Waals surface area contributed by atoms with Crippen LogP contribution in [0.3, 0.4) is 0 Å². The van der Waals surface area contributed by atoms with Crippen molar-refractivity contribution in [2.24, 2.45) is 0 Å². The van der Waals surface area contributed by atoms with Crippen molar-refractivity contribution in [3.8, 4) is 11.5 Å². The van der Waals surface area contributed by atoms with Crippen LogP contribution in [-0.4, -0.2) is 24.1 Å². The predicted octanol–water partition coefficient (Wildman–Crippen LogP) is 3.56. The lowest BCUT2D eigenvalue weighted by Gasteiger charge is -2.10. The maximum Gasteiger partial charge on any atom is 0.228 e. The highest BCUT2D eigenvalue weighted by molar-refractivity contribution is 14.1. The molecule has 0 atom stereocenters. The molecule has 0 spiro atoms. The SMILES string of the molecule is CN(C)c1ccc(-c2nc3cc([125I])ccc3o2)cn1. The van der Waals surface area contributed by atoms with E-state index in [0.29, 0.717) is 5.89 Å². The van der Waals surface area contributed by atoms with Gasteiger partial charge in [0.2, 0.25) is 5.89 Å².